The molecular formula is C48H75N11O17+2. The molecule has 4 unspecified atom stereocenters. The molecule has 2 aromatic rings. The Kier molecular flexibility index (Phi) is 29.7. The minimum absolute atomic E-state index is 0.0185. The quantitative estimate of drug-likeness (QED) is 0.00987. The lowest BCUT2D eigenvalue weighted by atomic mass is 9.97. The van der Waals surface area contributed by atoms with Crippen LogP contribution in [0.15, 0.2) is 48.5 Å². The summed E-state index contributed by atoms with van der Waals surface area (Å²) in [6, 6.07) is 8.61. The van der Waals surface area contributed by atoms with E-state index >= 15 is 0 Å². The smallest absolute Gasteiger partial charge is 0.338 e. The average molecular weight is 1080 g/mol. The van der Waals surface area contributed by atoms with Crippen LogP contribution < -0.4 is 48.2 Å². The lowest BCUT2D eigenvalue weighted by Crippen LogP contribution is -2.78. The topological polar surface area (TPSA) is 445 Å². The van der Waals surface area contributed by atoms with Gasteiger partial charge in [-0.05, 0) is 61.3 Å². The Balaban J connectivity index is 2.49. The number of aliphatic carboxylic acids is 5. The van der Waals surface area contributed by atoms with Crippen molar-refractivity contribution in [2.75, 3.05) is 85.2 Å². The van der Waals surface area contributed by atoms with Gasteiger partial charge in [-0.25, -0.2) is 9.68 Å². The summed E-state index contributed by atoms with van der Waals surface area (Å²) in [6.45, 7) is -0.953. The maximum Gasteiger partial charge on any atom is 0.338 e. The molecule has 0 aliphatic carbocycles. The van der Waals surface area contributed by atoms with Gasteiger partial charge in [-0.15, -0.1) is 0 Å². The fourth-order valence-corrected chi connectivity index (χ4v) is 7.74. The van der Waals surface area contributed by atoms with Gasteiger partial charge in [-0.1, -0.05) is 56.7 Å². The summed E-state index contributed by atoms with van der Waals surface area (Å²) in [7, 11) is 0. The molecule has 0 aliphatic rings. The Morgan fingerprint density at radius 1 is 0.724 bits per heavy atom. The number of nitrogens with two attached hydrogens (primary N) is 2. The Bertz CT molecular complexity index is 2240. The van der Waals surface area contributed by atoms with E-state index in [2.05, 4.69) is 36.9 Å². The predicted molar refractivity (Wildman–Crippen MR) is 270 cm³/mol. The second kappa shape index (κ2) is 34.9. The maximum absolute atomic E-state index is 14.2. The van der Waals surface area contributed by atoms with E-state index in [1.165, 1.54) is 21.9 Å². The SMILES string of the molecule is CCC(C)C(NC(=O)CNC(=O)c1cc(-c2ccccc2)ccc1OC[C@@H](CN(CCN(CC(=O)O)CC(=O)O)CC(=O)O)N(CCOO)CC(=O)O)C(=O)NC(CCC[NH+]=C(N)N)C(=O)NC(CCCC[NH3+])C(=O)O. The number of benzene rings is 2. The van der Waals surface area contributed by atoms with Crippen LogP contribution in [0, 0.1) is 5.92 Å². The summed E-state index contributed by atoms with van der Waals surface area (Å²) in [4.78, 5) is 125. The first kappa shape index (κ1) is 64.6. The number of ether oxygens (including phenoxy) is 1. The van der Waals surface area contributed by atoms with Gasteiger partial charge < -0.3 is 57.3 Å². The lowest BCUT2D eigenvalue weighted by molar-refractivity contribution is -0.459. The monoisotopic (exact) mass is 1080 g/mol. The van der Waals surface area contributed by atoms with Crippen molar-refractivity contribution in [2.24, 2.45) is 17.4 Å². The predicted octanol–water partition coefficient (Wildman–Crippen LogP) is -4.30. The highest BCUT2D eigenvalue weighted by Crippen LogP contribution is 2.27. The lowest BCUT2D eigenvalue weighted by Gasteiger charge is -2.34. The highest BCUT2D eigenvalue weighted by atomic mass is 17.1. The summed E-state index contributed by atoms with van der Waals surface area (Å²) >= 11 is 0. The molecule has 2 rings (SSSR count). The van der Waals surface area contributed by atoms with Crippen LogP contribution in [0.3, 0.4) is 0 Å². The van der Waals surface area contributed by atoms with Crippen LogP contribution in [0.25, 0.3) is 11.1 Å². The molecular weight excluding hydrogens is 1000 g/mol. The third-order valence-electron chi connectivity index (χ3n) is 11.8. The van der Waals surface area contributed by atoms with Crippen LogP contribution in [0.5, 0.6) is 5.75 Å². The van der Waals surface area contributed by atoms with Crippen LogP contribution in [0.2, 0.25) is 0 Å². The number of carbonyl (C=O) groups is 9. The van der Waals surface area contributed by atoms with E-state index in [1.54, 1.807) is 50.2 Å². The molecule has 422 valence electrons. The summed E-state index contributed by atoms with van der Waals surface area (Å²) in [5, 5.41) is 67.7. The molecule has 0 fully saturated rings. The number of hydrogen-bond acceptors (Lipinski definition) is 15. The second-order valence-electron chi connectivity index (χ2n) is 17.8. The van der Waals surface area contributed by atoms with Crippen LogP contribution in [0.1, 0.15) is 62.7 Å². The molecule has 28 nitrogen and oxygen atoms in total. The minimum Gasteiger partial charge on any atom is -0.491 e. The molecule has 0 heterocycles. The van der Waals surface area contributed by atoms with Gasteiger partial charge in [0.1, 0.15) is 30.5 Å². The van der Waals surface area contributed by atoms with Gasteiger partial charge in [0, 0.05) is 26.2 Å². The Morgan fingerprint density at radius 3 is 1.91 bits per heavy atom. The maximum atomic E-state index is 14.2. The molecule has 5 atom stereocenters. The zero-order valence-corrected chi connectivity index (χ0v) is 42.8. The van der Waals surface area contributed by atoms with Gasteiger partial charge in [-0.2, -0.15) is 0 Å². The standard InChI is InChI=1S/C48H73N11O17/c1-3-30(2)43(46(71)54-35(13-9-17-52-48(50)51)45(70)55-36(47(72)73)12-7-8-16-49)56-38(60)23-53-44(69)34-22-32(31-10-5-4-6-11-31)14-15-37(34)75-29-33(59(20-21-76-74)28-42(67)68)24-57(25-39(61)62)18-19-58(26-40(63)64)27-41(65)66/h4-6,10-11,14-15,22,30,33,35-36,43,74H,3,7-9,12-13,16-21,23-29,49H2,1-2H3,(H,53,69)(H,54,71)(H,55,70)(H,56,60)(H,61,62)(H,63,64)(H,65,66)(H,67,68)(H,72,73)(H4,50,51,52)/p+2/t30?,33-,35?,36?,43?/m1/s1. The zero-order chi connectivity index (χ0) is 56.7. The van der Waals surface area contributed by atoms with Crippen molar-refractivity contribution < 1.29 is 94.3 Å². The third-order valence-corrected chi connectivity index (χ3v) is 11.8. The first-order valence-electron chi connectivity index (χ1n) is 24.5. The Morgan fingerprint density at radius 2 is 1.33 bits per heavy atom. The summed E-state index contributed by atoms with van der Waals surface area (Å²) in [5.41, 5.74) is 15.9. The number of nitrogens with zero attached hydrogens (tertiary/aromatic N) is 3. The van der Waals surface area contributed by atoms with Crippen molar-refractivity contribution >= 4 is 59.4 Å². The highest BCUT2D eigenvalue weighted by molar-refractivity contribution is 6.00. The van der Waals surface area contributed by atoms with E-state index in [4.69, 9.17) is 16.2 Å². The largest absolute Gasteiger partial charge is 0.491 e. The van der Waals surface area contributed by atoms with Crippen LogP contribution in [0.4, 0.5) is 0 Å². The van der Waals surface area contributed by atoms with Crippen molar-refractivity contribution in [3.05, 3.63) is 54.1 Å². The molecule has 0 spiro atoms. The van der Waals surface area contributed by atoms with Crippen LogP contribution in [-0.4, -0.2) is 214 Å². The van der Waals surface area contributed by atoms with E-state index in [-0.39, 0.29) is 69.3 Å². The van der Waals surface area contributed by atoms with Gasteiger partial charge >= 0.3 is 35.8 Å². The van der Waals surface area contributed by atoms with Crippen molar-refractivity contribution in [1.29, 1.82) is 0 Å². The molecule has 28 heteroatoms. The van der Waals surface area contributed by atoms with Gasteiger partial charge in [0.05, 0.1) is 64.0 Å². The number of nitrogens with one attached hydrogen (secondary N) is 5. The minimum atomic E-state index is -1.34. The summed E-state index contributed by atoms with van der Waals surface area (Å²) < 4.78 is 6.23. The van der Waals surface area contributed by atoms with Gasteiger partial charge in [0.2, 0.25) is 17.7 Å². The first-order valence-corrected chi connectivity index (χ1v) is 24.5. The number of guanidine groups is 1. The molecule has 0 aromatic heterocycles. The number of carbonyl (C=O) groups excluding carboxylic acids is 4. The normalized spacial score (nSPS) is 13.1. The molecule has 0 saturated carbocycles. The number of carboxylic acid groups (broad SMARTS) is 5. The van der Waals surface area contributed by atoms with Crippen molar-refractivity contribution in [3.8, 4) is 16.9 Å². The summed E-state index contributed by atoms with van der Waals surface area (Å²) in [5.74, 6) is -10.5. The third kappa shape index (κ3) is 25.2. The van der Waals surface area contributed by atoms with Crippen molar-refractivity contribution in [3.63, 3.8) is 0 Å². The van der Waals surface area contributed by atoms with Gasteiger partial charge in [-0.3, -0.25) is 74.8 Å². The molecule has 0 aliphatic heterocycles. The number of unbranched alkanes of at least 4 members (excludes halogenated alkanes) is 1. The fraction of sp³-hybridized carbons (Fsp3) is 0.542. The number of rotatable bonds is 40. The van der Waals surface area contributed by atoms with Crippen molar-refractivity contribution in [2.45, 2.75) is 76.5 Å². The van der Waals surface area contributed by atoms with Crippen LogP contribution in [-0.2, 0) is 43.2 Å². The van der Waals surface area contributed by atoms with Crippen LogP contribution >= 0.6 is 0 Å². The number of hydrogen-bond donors (Lipinski definition) is 14. The molecule has 4 amide bonds. The number of carboxylic acids is 5. The first-order chi connectivity index (χ1) is 36.1. The highest BCUT2D eigenvalue weighted by Gasteiger charge is 2.32. The Hall–Kier alpha value is -7.50. The van der Waals surface area contributed by atoms with Gasteiger partial charge in [0.15, 0.2) is 0 Å². The molecule has 76 heavy (non-hydrogen) atoms. The van der Waals surface area contributed by atoms with Crippen molar-refractivity contribution in [1.82, 2.24) is 36.0 Å². The molecule has 18 N–H and O–H groups in total. The number of amides is 4. The summed E-state index contributed by atoms with van der Waals surface area (Å²) in [6.07, 6.45) is 1.87. The average Bonchev–Trinajstić information content (AvgIpc) is 3.36. The molecule has 0 radical (unpaired) electrons. The molecule has 0 bridgehead atoms. The zero-order valence-electron chi connectivity index (χ0n) is 42.8. The number of quaternary nitrogens is 1. The van der Waals surface area contributed by atoms with E-state index in [0.717, 1.165) is 4.90 Å². The molecule has 2 aromatic carbocycles. The van der Waals surface area contributed by atoms with E-state index in [9.17, 15) is 73.9 Å². The molecule has 0 saturated heterocycles. The van der Waals surface area contributed by atoms with E-state index in [0.29, 0.717) is 36.9 Å². The Labute approximate surface area is 438 Å². The second-order valence-corrected chi connectivity index (χ2v) is 17.8. The van der Waals surface area contributed by atoms with Gasteiger partial charge in [0.25, 0.3) is 5.91 Å². The van der Waals surface area contributed by atoms with E-state index < -0.39 is 129 Å². The fourth-order valence-electron chi connectivity index (χ4n) is 7.74. The van der Waals surface area contributed by atoms with E-state index in [1.807, 2.05) is 0 Å².